The van der Waals surface area contributed by atoms with E-state index in [0.717, 1.165) is 38.3 Å². The molecule has 1 aromatic rings. The fraction of sp³-hybridized carbons (Fsp3) is 0.692. The van der Waals surface area contributed by atoms with Gasteiger partial charge in [0.2, 0.25) is 0 Å². The van der Waals surface area contributed by atoms with Crippen molar-refractivity contribution in [3.05, 3.63) is 22.4 Å². The molecule has 90 valence electrons. The average Bonchev–Trinajstić information content (AvgIpc) is 2.80. The second kappa shape index (κ2) is 6.38. The molecule has 2 rings (SSSR count). The minimum Gasteiger partial charge on any atom is -0.393 e. The van der Waals surface area contributed by atoms with Crippen molar-refractivity contribution in [3.8, 4) is 0 Å². The van der Waals surface area contributed by atoms with Gasteiger partial charge in [-0.2, -0.15) is 11.3 Å². The predicted octanol–water partition coefficient (Wildman–Crippen LogP) is 2.43. The molecule has 16 heavy (non-hydrogen) atoms. The number of rotatable bonds is 5. The Morgan fingerprint density at radius 3 is 2.81 bits per heavy atom. The van der Waals surface area contributed by atoms with Crippen LogP contribution in [-0.4, -0.2) is 24.3 Å². The van der Waals surface area contributed by atoms with Crippen LogP contribution in [0.1, 0.15) is 31.2 Å². The Bertz CT molecular complexity index is 278. The number of aliphatic hydroxyl groups excluding tert-OH is 1. The van der Waals surface area contributed by atoms with Gasteiger partial charge in [-0.05, 0) is 73.5 Å². The maximum Gasteiger partial charge on any atom is 0.0540 e. The molecule has 2 N–H and O–H groups in total. The van der Waals surface area contributed by atoms with Gasteiger partial charge >= 0.3 is 0 Å². The van der Waals surface area contributed by atoms with Crippen LogP contribution < -0.4 is 5.32 Å². The Labute approximate surface area is 102 Å². The Hall–Kier alpha value is -0.380. The van der Waals surface area contributed by atoms with Crippen LogP contribution in [0.15, 0.2) is 16.8 Å². The zero-order valence-electron chi connectivity index (χ0n) is 9.69. The van der Waals surface area contributed by atoms with Crippen LogP contribution in [0.4, 0.5) is 0 Å². The van der Waals surface area contributed by atoms with Gasteiger partial charge in [-0.3, -0.25) is 0 Å². The molecule has 1 aliphatic carbocycles. The summed E-state index contributed by atoms with van der Waals surface area (Å²) in [5.41, 5.74) is 1.44. The third kappa shape index (κ3) is 3.89. The topological polar surface area (TPSA) is 32.3 Å². The summed E-state index contributed by atoms with van der Waals surface area (Å²) >= 11 is 1.77. The van der Waals surface area contributed by atoms with E-state index in [1.54, 1.807) is 11.3 Å². The van der Waals surface area contributed by atoms with Crippen molar-refractivity contribution in [1.29, 1.82) is 0 Å². The first-order valence-electron chi connectivity index (χ1n) is 6.24. The molecule has 0 aromatic carbocycles. The summed E-state index contributed by atoms with van der Waals surface area (Å²) < 4.78 is 0. The van der Waals surface area contributed by atoms with Crippen molar-refractivity contribution in [2.45, 2.75) is 38.2 Å². The standard InChI is InChI=1S/C13H21NOS/c15-13-3-1-11(2-4-13)9-14-7-5-12-6-8-16-10-12/h6,8,10-11,13-15H,1-5,7,9H2. The maximum absolute atomic E-state index is 9.40. The van der Waals surface area contributed by atoms with E-state index in [1.807, 2.05) is 0 Å². The van der Waals surface area contributed by atoms with Crippen molar-refractivity contribution < 1.29 is 5.11 Å². The first-order chi connectivity index (χ1) is 7.84. The summed E-state index contributed by atoms with van der Waals surface area (Å²) in [6.07, 6.45) is 5.48. The van der Waals surface area contributed by atoms with E-state index in [1.165, 1.54) is 18.4 Å². The average molecular weight is 239 g/mol. The Balaban J connectivity index is 1.55. The smallest absolute Gasteiger partial charge is 0.0540 e. The molecule has 1 heterocycles. The van der Waals surface area contributed by atoms with Crippen LogP contribution >= 0.6 is 11.3 Å². The van der Waals surface area contributed by atoms with Crippen LogP contribution in [0, 0.1) is 5.92 Å². The van der Waals surface area contributed by atoms with E-state index >= 15 is 0 Å². The van der Waals surface area contributed by atoms with Gasteiger partial charge in [0.1, 0.15) is 0 Å². The fourth-order valence-corrected chi connectivity index (χ4v) is 3.03. The number of hydrogen-bond acceptors (Lipinski definition) is 3. The van der Waals surface area contributed by atoms with Crippen LogP contribution in [0.25, 0.3) is 0 Å². The number of aliphatic hydroxyl groups is 1. The molecule has 1 aromatic heterocycles. The molecule has 1 aliphatic rings. The minimum atomic E-state index is -0.0259. The summed E-state index contributed by atoms with van der Waals surface area (Å²) in [7, 11) is 0. The summed E-state index contributed by atoms with van der Waals surface area (Å²) in [6, 6.07) is 2.20. The minimum absolute atomic E-state index is 0.0259. The van der Waals surface area contributed by atoms with Gasteiger partial charge in [0.25, 0.3) is 0 Å². The van der Waals surface area contributed by atoms with Gasteiger partial charge in [0, 0.05) is 0 Å². The van der Waals surface area contributed by atoms with Gasteiger partial charge in [0.15, 0.2) is 0 Å². The molecular formula is C13H21NOS. The molecular weight excluding hydrogens is 218 g/mol. The molecule has 2 nitrogen and oxygen atoms in total. The highest BCUT2D eigenvalue weighted by Crippen LogP contribution is 2.23. The van der Waals surface area contributed by atoms with E-state index in [-0.39, 0.29) is 6.10 Å². The Morgan fingerprint density at radius 2 is 2.12 bits per heavy atom. The highest BCUT2D eigenvalue weighted by Gasteiger charge is 2.18. The summed E-state index contributed by atoms with van der Waals surface area (Å²) in [5, 5.41) is 17.3. The molecule has 0 bridgehead atoms. The lowest BCUT2D eigenvalue weighted by atomic mass is 9.87. The molecule has 0 atom stereocenters. The van der Waals surface area contributed by atoms with Gasteiger partial charge in [0.05, 0.1) is 6.10 Å². The molecule has 0 unspecified atom stereocenters. The van der Waals surface area contributed by atoms with Gasteiger partial charge in [-0.25, -0.2) is 0 Å². The molecule has 0 aliphatic heterocycles. The largest absolute Gasteiger partial charge is 0.393 e. The van der Waals surface area contributed by atoms with Crippen molar-refractivity contribution in [2.75, 3.05) is 13.1 Å². The predicted molar refractivity (Wildman–Crippen MR) is 68.9 cm³/mol. The number of thiophene rings is 1. The Kier molecular flexibility index (Phi) is 4.82. The molecule has 0 radical (unpaired) electrons. The molecule has 1 saturated carbocycles. The van der Waals surface area contributed by atoms with Gasteiger partial charge in [-0.15, -0.1) is 0 Å². The van der Waals surface area contributed by atoms with E-state index in [4.69, 9.17) is 0 Å². The zero-order valence-corrected chi connectivity index (χ0v) is 10.5. The lowest BCUT2D eigenvalue weighted by Gasteiger charge is -2.25. The van der Waals surface area contributed by atoms with Crippen LogP contribution in [0.3, 0.4) is 0 Å². The number of nitrogens with one attached hydrogen (secondary N) is 1. The van der Waals surface area contributed by atoms with E-state index in [0.29, 0.717) is 0 Å². The van der Waals surface area contributed by atoms with E-state index in [9.17, 15) is 5.11 Å². The SMILES string of the molecule is OC1CCC(CNCCc2ccsc2)CC1. The third-order valence-corrected chi connectivity index (χ3v) is 4.15. The van der Waals surface area contributed by atoms with Crippen LogP contribution in [0.5, 0.6) is 0 Å². The first kappa shape index (κ1) is 12.1. The molecule has 0 amide bonds. The van der Waals surface area contributed by atoms with E-state index < -0.39 is 0 Å². The number of hydrogen-bond donors (Lipinski definition) is 2. The van der Waals surface area contributed by atoms with Gasteiger partial charge in [-0.1, -0.05) is 0 Å². The Morgan fingerprint density at radius 1 is 1.31 bits per heavy atom. The highest BCUT2D eigenvalue weighted by molar-refractivity contribution is 7.07. The zero-order chi connectivity index (χ0) is 11.2. The van der Waals surface area contributed by atoms with Crippen molar-refractivity contribution >= 4 is 11.3 Å². The summed E-state index contributed by atoms with van der Waals surface area (Å²) in [5.74, 6) is 0.783. The summed E-state index contributed by atoms with van der Waals surface area (Å²) in [4.78, 5) is 0. The van der Waals surface area contributed by atoms with Crippen LogP contribution in [-0.2, 0) is 6.42 Å². The van der Waals surface area contributed by atoms with Crippen molar-refractivity contribution in [2.24, 2.45) is 5.92 Å². The second-order valence-corrected chi connectivity index (χ2v) is 5.54. The van der Waals surface area contributed by atoms with Crippen molar-refractivity contribution in [1.82, 2.24) is 5.32 Å². The molecule has 0 saturated heterocycles. The molecule has 3 heteroatoms. The highest BCUT2D eigenvalue weighted by atomic mass is 32.1. The molecule has 1 fully saturated rings. The lowest BCUT2D eigenvalue weighted by molar-refractivity contribution is 0.108. The third-order valence-electron chi connectivity index (χ3n) is 3.42. The fourth-order valence-electron chi connectivity index (χ4n) is 2.32. The van der Waals surface area contributed by atoms with Crippen molar-refractivity contribution in [3.63, 3.8) is 0 Å². The molecule has 0 spiro atoms. The maximum atomic E-state index is 9.40. The lowest BCUT2D eigenvalue weighted by Crippen LogP contribution is -2.29. The second-order valence-electron chi connectivity index (χ2n) is 4.76. The van der Waals surface area contributed by atoms with Crippen LogP contribution in [0.2, 0.25) is 0 Å². The normalized spacial score (nSPS) is 25.8. The first-order valence-corrected chi connectivity index (χ1v) is 7.18. The monoisotopic (exact) mass is 239 g/mol. The van der Waals surface area contributed by atoms with E-state index in [2.05, 4.69) is 22.1 Å². The summed E-state index contributed by atoms with van der Waals surface area (Å²) in [6.45, 7) is 2.20. The quantitative estimate of drug-likeness (QED) is 0.774. The van der Waals surface area contributed by atoms with Gasteiger partial charge < -0.3 is 10.4 Å².